The molecule has 0 amide bonds. The minimum absolute atomic E-state index is 0. The molecule has 0 atom stereocenters. The van der Waals surface area contributed by atoms with Gasteiger partial charge in [-0.05, 0) is 24.3 Å². The molecule has 4 aromatic rings. The van der Waals surface area contributed by atoms with Crippen molar-refractivity contribution in [3.8, 4) is 0 Å². The first-order valence-electron chi connectivity index (χ1n) is 11.4. The number of aliphatic carboxylic acids is 4. The normalized spacial score (nSPS) is 8.35. The Kier molecular flexibility index (Phi) is 57.9. The largest absolute Gasteiger partial charge is 4.00 e. The molecule has 0 heterocycles. The second-order valence-corrected chi connectivity index (χ2v) is 10.2. The molecule has 46 heavy (non-hydrogen) atoms. The van der Waals surface area contributed by atoms with Gasteiger partial charge in [-0.1, -0.05) is 69.6 Å². The first-order chi connectivity index (χ1) is 20.7. The van der Waals surface area contributed by atoms with Crippen LogP contribution in [0.1, 0.15) is 0 Å². The Balaban J connectivity index is -0.0000000999. The number of hydrogen-bond donors (Lipinski definition) is 0. The number of halogens is 6. The maximum Gasteiger partial charge on any atom is 4.00 e. The third-order valence-corrected chi connectivity index (χ3v) is 2.93. The van der Waals surface area contributed by atoms with Gasteiger partial charge in [-0.15, -0.1) is 0 Å². The monoisotopic (exact) mass is 820 g/mol. The molecule has 0 N–H and O–H groups in total. The van der Waals surface area contributed by atoms with Gasteiger partial charge < -0.3 is 39.6 Å². The number of alkyl halides is 6. The molecule has 8 nitrogen and oxygen atoms in total. The van der Waals surface area contributed by atoms with Gasteiger partial charge in [-0.25, -0.2) is 48.5 Å². The van der Waals surface area contributed by atoms with E-state index in [0.29, 0.717) is 24.3 Å². The zero-order valence-corrected chi connectivity index (χ0v) is 31.2. The van der Waals surface area contributed by atoms with Crippen LogP contribution >= 0.6 is 69.6 Å². The van der Waals surface area contributed by atoms with Crippen molar-refractivity contribution in [2.24, 2.45) is 0 Å². The second kappa shape index (κ2) is 47.3. The minimum Gasteiger partial charge on any atom is -0.545 e. The Bertz CT molecular complexity index is 899. The van der Waals surface area contributed by atoms with Gasteiger partial charge in [0.05, 0.1) is 23.9 Å². The summed E-state index contributed by atoms with van der Waals surface area (Å²) in [6.45, 7) is 0. The van der Waals surface area contributed by atoms with Crippen LogP contribution in [0.5, 0.6) is 0 Å². The summed E-state index contributed by atoms with van der Waals surface area (Å²) in [6, 6.07) is 40.0. The molecule has 0 saturated carbocycles. The number of hydrogen-bond acceptors (Lipinski definition) is 8. The van der Waals surface area contributed by atoms with Gasteiger partial charge in [0.25, 0.3) is 0 Å². The van der Waals surface area contributed by atoms with Crippen LogP contribution in [0, 0.1) is 0 Å². The van der Waals surface area contributed by atoms with Gasteiger partial charge in [-0.3, -0.25) is 0 Å². The standard InChI is InChI=1S/4C5H5.2C4H4O4.2CHCl3.2Ti/c4*1-2-4-5-3-1;2*5-3(6)1-2-4(7)8;2*2-1(3)4;;/h4*1-5H;2*1-2H,(H,5,6)(H,7,8);2*1H;;/q4*-1;;;;;2*+4/p-4/b;;;;2-1+;2-1-;;;;. The van der Waals surface area contributed by atoms with Crippen LogP contribution in [0.25, 0.3) is 0 Å². The average Bonchev–Trinajstić information content (AvgIpc) is 3.78. The van der Waals surface area contributed by atoms with E-state index in [0.717, 1.165) is 0 Å². The average molecular weight is 823 g/mol. The SMILES string of the molecule is ClC(Cl)Cl.ClC(Cl)Cl.O=C([O-])/C=C/C(=O)[O-].O=C([O-])/C=C\C(=O)[O-].[Ti+4].[Ti+4].c1cc[cH-]c1.c1cc[cH-]c1.c1cc[cH-]c1.c1cc[cH-]c1. The Hall–Kier alpha value is -2.07. The fraction of sp³-hybridized carbons (Fsp3) is 0.0667. The van der Waals surface area contributed by atoms with Crippen LogP contribution in [0.2, 0.25) is 0 Å². The first kappa shape index (κ1) is 56.3. The Morgan fingerprint density at radius 2 is 0.500 bits per heavy atom. The predicted molar refractivity (Wildman–Crippen MR) is 169 cm³/mol. The van der Waals surface area contributed by atoms with Crippen LogP contribution < -0.4 is 20.4 Å². The quantitative estimate of drug-likeness (QED) is 0.131. The molecule has 0 aliphatic carbocycles. The third kappa shape index (κ3) is 90.0. The molecule has 0 fully saturated rings. The summed E-state index contributed by atoms with van der Waals surface area (Å²) in [5.41, 5.74) is 0. The van der Waals surface area contributed by atoms with E-state index in [4.69, 9.17) is 69.6 Å². The Morgan fingerprint density at radius 1 is 0.391 bits per heavy atom. The molecule has 0 aliphatic rings. The summed E-state index contributed by atoms with van der Waals surface area (Å²) in [6.07, 6.45) is 1.54. The molecule has 0 aliphatic heterocycles. The van der Waals surface area contributed by atoms with Crippen LogP contribution in [0.15, 0.2) is 146 Å². The molecule has 4 rings (SSSR count). The van der Waals surface area contributed by atoms with Gasteiger partial charge >= 0.3 is 43.4 Å². The molecule has 0 spiro atoms. The van der Waals surface area contributed by atoms with Gasteiger partial charge in [0.15, 0.2) is 8.59 Å². The molecular formula is C30H26Cl6O8Ti2. The van der Waals surface area contributed by atoms with Crippen LogP contribution in [-0.4, -0.2) is 32.5 Å². The number of carboxylic acid groups (broad SMARTS) is 4. The molecule has 16 heteroatoms. The van der Waals surface area contributed by atoms with Crippen molar-refractivity contribution in [3.05, 3.63) is 146 Å². The van der Waals surface area contributed by atoms with Gasteiger partial charge in [-0.2, -0.15) is 72.8 Å². The zero-order chi connectivity index (χ0) is 34.4. The zero-order valence-electron chi connectivity index (χ0n) is 23.5. The number of carbonyl (C=O) groups is 4. The van der Waals surface area contributed by atoms with Gasteiger partial charge in [0.2, 0.25) is 0 Å². The van der Waals surface area contributed by atoms with E-state index in [1.165, 1.54) is 0 Å². The maximum atomic E-state index is 9.41. The fourth-order valence-corrected chi connectivity index (χ4v) is 1.56. The van der Waals surface area contributed by atoms with E-state index in [9.17, 15) is 39.6 Å². The molecule has 0 bridgehead atoms. The van der Waals surface area contributed by atoms with Crippen molar-refractivity contribution in [2.45, 2.75) is 8.59 Å². The van der Waals surface area contributed by atoms with Crippen molar-refractivity contribution in [3.63, 3.8) is 0 Å². The maximum absolute atomic E-state index is 9.41. The Morgan fingerprint density at radius 3 is 0.543 bits per heavy atom. The van der Waals surface area contributed by atoms with E-state index >= 15 is 0 Å². The Labute approximate surface area is 328 Å². The number of carbonyl (C=O) groups excluding carboxylic acids is 4. The van der Waals surface area contributed by atoms with Gasteiger partial charge in [0, 0.05) is 0 Å². The van der Waals surface area contributed by atoms with Crippen molar-refractivity contribution >= 4 is 93.5 Å². The molecule has 0 saturated heterocycles. The summed E-state index contributed by atoms with van der Waals surface area (Å²) in [5, 5.41) is 37.7. The van der Waals surface area contributed by atoms with Crippen molar-refractivity contribution in [1.82, 2.24) is 0 Å². The smallest absolute Gasteiger partial charge is 0.545 e. The minimum atomic E-state index is -1.55. The van der Waals surface area contributed by atoms with E-state index in [1.54, 1.807) is 0 Å². The molecule has 0 unspecified atom stereocenters. The van der Waals surface area contributed by atoms with Crippen LogP contribution in [0.4, 0.5) is 0 Å². The molecular weight excluding hydrogens is 797 g/mol. The van der Waals surface area contributed by atoms with Crippen molar-refractivity contribution < 1.29 is 83.0 Å². The van der Waals surface area contributed by atoms with Crippen molar-refractivity contribution in [1.29, 1.82) is 0 Å². The molecule has 4 aromatic carbocycles. The van der Waals surface area contributed by atoms with E-state index in [-0.39, 0.29) is 43.4 Å². The first-order valence-corrected chi connectivity index (χ1v) is 14.0. The van der Waals surface area contributed by atoms with Crippen LogP contribution in [0.3, 0.4) is 0 Å². The summed E-state index contributed by atoms with van der Waals surface area (Å²) in [4.78, 5) is 37.7. The summed E-state index contributed by atoms with van der Waals surface area (Å²) >= 11 is 28.8. The topological polar surface area (TPSA) is 161 Å². The van der Waals surface area contributed by atoms with E-state index in [2.05, 4.69) is 0 Å². The fourth-order valence-electron chi connectivity index (χ4n) is 1.56. The van der Waals surface area contributed by atoms with E-state index in [1.807, 2.05) is 121 Å². The number of rotatable bonds is 4. The summed E-state index contributed by atoms with van der Waals surface area (Å²) in [7, 11) is 0. The molecule has 0 aromatic heterocycles. The third-order valence-electron chi connectivity index (χ3n) is 2.93. The summed E-state index contributed by atoms with van der Waals surface area (Å²) < 4.78 is -1.50. The molecule has 244 valence electrons. The summed E-state index contributed by atoms with van der Waals surface area (Å²) in [5.74, 6) is -6.19. The van der Waals surface area contributed by atoms with Crippen molar-refractivity contribution in [2.75, 3.05) is 0 Å². The predicted octanol–water partition coefficient (Wildman–Crippen LogP) is 3.67. The van der Waals surface area contributed by atoms with Crippen LogP contribution in [-0.2, 0) is 62.6 Å². The molecule has 0 radical (unpaired) electrons. The van der Waals surface area contributed by atoms with Gasteiger partial charge in [0.1, 0.15) is 0 Å². The van der Waals surface area contributed by atoms with E-state index < -0.39 is 32.5 Å². The second-order valence-electron chi connectivity index (χ2n) is 6.29. The number of carboxylic acids is 4.